The number of halogens is 1. The third kappa shape index (κ3) is 3.67. The van der Waals surface area contributed by atoms with Crippen molar-refractivity contribution in [2.24, 2.45) is 0 Å². The van der Waals surface area contributed by atoms with Crippen LogP contribution in [0, 0.1) is 20.8 Å². The average molecular weight is 307 g/mol. The van der Waals surface area contributed by atoms with Crippen LogP contribution in [0.3, 0.4) is 0 Å². The largest absolute Gasteiger partial charge is 0.383 e. The molecule has 0 unspecified atom stereocenters. The monoisotopic (exact) mass is 306 g/mol. The van der Waals surface area contributed by atoms with E-state index in [0.717, 1.165) is 24.7 Å². The summed E-state index contributed by atoms with van der Waals surface area (Å²) in [5.41, 5.74) is 6.20. The second kappa shape index (κ2) is 7.12. The summed E-state index contributed by atoms with van der Waals surface area (Å²) in [5.74, 6) is 0. The Balaban J connectivity index is 2.26. The zero-order valence-electron chi connectivity index (χ0n) is 13.2. The van der Waals surface area contributed by atoms with Gasteiger partial charge in [-0.3, -0.25) is 0 Å². The predicted molar refractivity (Wildman–Crippen MR) is 88.6 cm³/mol. The molecule has 0 saturated carbocycles. The molecule has 0 fully saturated rings. The summed E-state index contributed by atoms with van der Waals surface area (Å²) in [7, 11) is 1.72. The van der Waals surface area contributed by atoms with Crippen LogP contribution >= 0.6 is 11.6 Å². The lowest BCUT2D eigenvalue weighted by Crippen LogP contribution is -2.18. The zero-order valence-corrected chi connectivity index (χ0v) is 13.9. The van der Waals surface area contributed by atoms with Gasteiger partial charge in [-0.15, -0.1) is 0 Å². The van der Waals surface area contributed by atoms with Gasteiger partial charge in [0.2, 0.25) is 0 Å². The van der Waals surface area contributed by atoms with E-state index >= 15 is 0 Å². The molecule has 1 N–H and O–H groups in total. The normalized spacial score (nSPS) is 11.1. The summed E-state index contributed by atoms with van der Waals surface area (Å²) >= 11 is 6.06. The van der Waals surface area contributed by atoms with E-state index in [9.17, 15) is 0 Å². The average Bonchev–Trinajstić information content (AvgIpc) is 2.71. The number of methoxy groups -OCH3 is 1. The van der Waals surface area contributed by atoms with Gasteiger partial charge >= 0.3 is 0 Å². The lowest BCUT2D eigenvalue weighted by atomic mass is 10.2. The van der Waals surface area contributed by atoms with E-state index in [1.165, 1.54) is 28.2 Å². The van der Waals surface area contributed by atoms with Crippen molar-refractivity contribution in [2.45, 2.75) is 27.3 Å². The number of nitrogens with zero attached hydrogens (tertiary/aromatic N) is 1. The van der Waals surface area contributed by atoms with Crippen LogP contribution in [0.5, 0.6) is 0 Å². The van der Waals surface area contributed by atoms with Crippen LogP contribution in [0.15, 0.2) is 24.3 Å². The van der Waals surface area contributed by atoms with E-state index in [2.05, 4.69) is 42.8 Å². The van der Waals surface area contributed by atoms with Gasteiger partial charge in [-0.1, -0.05) is 11.6 Å². The molecule has 0 bridgehead atoms. The van der Waals surface area contributed by atoms with Gasteiger partial charge in [0.25, 0.3) is 0 Å². The molecule has 3 nitrogen and oxygen atoms in total. The minimum atomic E-state index is 0.731. The number of aryl methyl sites for hydroxylation is 2. The molecule has 0 spiro atoms. The van der Waals surface area contributed by atoms with Crippen molar-refractivity contribution in [3.8, 4) is 5.69 Å². The fourth-order valence-corrected chi connectivity index (χ4v) is 2.87. The van der Waals surface area contributed by atoms with E-state index in [1.807, 2.05) is 12.1 Å². The summed E-state index contributed by atoms with van der Waals surface area (Å²) in [4.78, 5) is 0. The van der Waals surface area contributed by atoms with E-state index in [-0.39, 0.29) is 0 Å². The van der Waals surface area contributed by atoms with Gasteiger partial charge in [0.05, 0.1) is 6.61 Å². The van der Waals surface area contributed by atoms with Gasteiger partial charge in [-0.2, -0.15) is 0 Å². The third-order valence-corrected chi connectivity index (χ3v) is 3.97. The molecular weight excluding hydrogens is 284 g/mol. The first kappa shape index (κ1) is 16.1. The fraction of sp³-hybridized carbons (Fsp3) is 0.412. The van der Waals surface area contributed by atoms with Crippen LogP contribution in [0.1, 0.15) is 22.5 Å². The molecule has 2 aromatic rings. The molecule has 21 heavy (non-hydrogen) atoms. The molecule has 1 heterocycles. The Kier molecular flexibility index (Phi) is 5.45. The predicted octanol–water partition coefficient (Wildman–Crippen LogP) is 3.79. The molecule has 4 heteroatoms. The summed E-state index contributed by atoms with van der Waals surface area (Å²) in [6.07, 6.45) is 0. The van der Waals surface area contributed by atoms with Crippen LogP contribution in [0.2, 0.25) is 5.02 Å². The molecular formula is C17H23ClN2O. The maximum absolute atomic E-state index is 6.06. The molecule has 0 saturated heterocycles. The van der Waals surface area contributed by atoms with Crippen molar-refractivity contribution >= 4 is 11.6 Å². The van der Waals surface area contributed by atoms with Crippen molar-refractivity contribution in [3.05, 3.63) is 51.8 Å². The Morgan fingerprint density at radius 3 is 2.62 bits per heavy atom. The number of hydrogen-bond donors (Lipinski definition) is 1. The van der Waals surface area contributed by atoms with Gasteiger partial charge in [0.1, 0.15) is 0 Å². The molecule has 0 aliphatic carbocycles. The van der Waals surface area contributed by atoms with Crippen LogP contribution in [-0.2, 0) is 11.3 Å². The van der Waals surface area contributed by atoms with Crippen molar-refractivity contribution < 1.29 is 4.74 Å². The number of hydrogen-bond acceptors (Lipinski definition) is 2. The second-order valence-corrected chi connectivity index (χ2v) is 5.77. The number of ether oxygens (including phenoxy) is 1. The molecule has 1 aromatic heterocycles. The zero-order chi connectivity index (χ0) is 15.4. The summed E-state index contributed by atoms with van der Waals surface area (Å²) in [6, 6.07) is 8.27. The first-order valence-electron chi connectivity index (χ1n) is 7.18. The first-order chi connectivity index (χ1) is 10.0. The highest BCUT2D eigenvalue weighted by molar-refractivity contribution is 6.30. The van der Waals surface area contributed by atoms with Crippen molar-refractivity contribution in [1.29, 1.82) is 0 Å². The van der Waals surface area contributed by atoms with E-state index in [4.69, 9.17) is 16.3 Å². The van der Waals surface area contributed by atoms with E-state index in [1.54, 1.807) is 7.11 Å². The molecule has 114 valence electrons. The number of rotatable bonds is 6. The van der Waals surface area contributed by atoms with Gasteiger partial charge < -0.3 is 14.6 Å². The quantitative estimate of drug-likeness (QED) is 0.822. The van der Waals surface area contributed by atoms with Gasteiger partial charge in [0, 0.05) is 42.3 Å². The van der Waals surface area contributed by atoms with E-state index in [0.29, 0.717) is 0 Å². The molecule has 0 amide bonds. The van der Waals surface area contributed by atoms with Crippen molar-refractivity contribution in [2.75, 3.05) is 20.3 Å². The fourth-order valence-electron chi connectivity index (χ4n) is 2.65. The van der Waals surface area contributed by atoms with Gasteiger partial charge in [-0.25, -0.2) is 0 Å². The molecule has 0 atom stereocenters. The Bertz CT molecular complexity index is 619. The summed E-state index contributed by atoms with van der Waals surface area (Å²) in [6.45, 7) is 8.84. The Labute approximate surface area is 131 Å². The summed E-state index contributed by atoms with van der Waals surface area (Å²) < 4.78 is 7.35. The highest BCUT2D eigenvalue weighted by atomic mass is 35.5. The Morgan fingerprint density at radius 1 is 1.19 bits per heavy atom. The number of aromatic nitrogens is 1. The SMILES string of the molecule is COCCNCc1cc(C)n(-c2ccc(Cl)cc2C)c1C. The standard InChI is InChI=1S/C17H23ClN2O/c1-12-9-16(18)5-6-17(12)20-13(2)10-15(14(20)3)11-19-7-8-21-4/h5-6,9-10,19H,7-8,11H2,1-4H3. The van der Waals surface area contributed by atoms with Crippen LogP contribution in [0.4, 0.5) is 0 Å². The lowest BCUT2D eigenvalue weighted by molar-refractivity contribution is 0.199. The van der Waals surface area contributed by atoms with Crippen molar-refractivity contribution in [1.82, 2.24) is 9.88 Å². The highest BCUT2D eigenvalue weighted by Gasteiger charge is 2.12. The first-order valence-corrected chi connectivity index (χ1v) is 7.56. The highest BCUT2D eigenvalue weighted by Crippen LogP contribution is 2.25. The van der Waals surface area contributed by atoms with Gasteiger partial charge in [0.15, 0.2) is 0 Å². The molecule has 2 rings (SSSR count). The maximum atomic E-state index is 6.06. The maximum Gasteiger partial charge on any atom is 0.0587 e. The molecule has 0 aliphatic heterocycles. The molecule has 0 aliphatic rings. The van der Waals surface area contributed by atoms with E-state index < -0.39 is 0 Å². The van der Waals surface area contributed by atoms with Gasteiger partial charge in [-0.05, 0) is 56.2 Å². The smallest absolute Gasteiger partial charge is 0.0587 e. The Hall–Kier alpha value is -1.29. The summed E-state index contributed by atoms with van der Waals surface area (Å²) in [5, 5.41) is 4.18. The molecule has 1 aromatic carbocycles. The molecule has 0 radical (unpaired) electrons. The minimum absolute atomic E-state index is 0.731. The Morgan fingerprint density at radius 2 is 1.95 bits per heavy atom. The van der Waals surface area contributed by atoms with Crippen LogP contribution in [-0.4, -0.2) is 24.8 Å². The minimum Gasteiger partial charge on any atom is -0.383 e. The topological polar surface area (TPSA) is 26.2 Å². The number of nitrogens with one attached hydrogen (secondary N) is 1. The second-order valence-electron chi connectivity index (χ2n) is 5.33. The lowest BCUT2D eigenvalue weighted by Gasteiger charge is -2.13. The van der Waals surface area contributed by atoms with Crippen LogP contribution in [0.25, 0.3) is 5.69 Å². The number of benzene rings is 1. The third-order valence-electron chi connectivity index (χ3n) is 3.73. The van der Waals surface area contributed by atoms with Crippen LogP contribution < -0.4 is 5.32 Å². The van der Waals surface area contributed by atoms with Crippen molar-refractivity contribution in [3.63, 3.8) is 0 Å².